The topological polar surface area (TPSA) is 43.8 Å². The van der Waals surface area contributed by atoms with Gasteiger partial charge >= 0.3 is 0 Å². The van der Waals surface area contributed by atoms with Crippen LogP contribution in [-0.4, -0.2) is 53.5 Å². The third-order valence-corrected chi connectivity index (χ3v) is 4.00. The first-order chi connectivity index (χ1) is 10.5. The van der Waals surface area contributed by atoms with E-state index in [-0.39, 0.29) is 5.91 Å². The highest BCUT2D eigenvalue weighted by molar-refractivity contribution is 5.75. The number of hydrogen-bond donors (Lipinski definition) is 1. The van der Waals surface area contributed by atoms with Crippen molar-refractivity contribution in [2.24, 2.45) is 0 Å². The molecule has 22 heavy (non-hydrogen) atoms. The van der Waals surface area contributed by atoms with Gasteiger partial charge in [0.15, 0.2) is 11.6 Å². The van der Waals surface area contributed by atoms with Gasteiger partial charge in [-0.2, -0.15) is 0 Å². The van der Waals surface area contributed by atoms with Gasteiger partial charge in [-0.15, -0.1) is 0 Å². The number of aliphatic hydroxyl groups is 1. The van der Waals surface area contributed by atoms with Gasteiger partial charge < -0.3 is 10.0 Å². The molecule has 1 heterocycles. The average molecular weight is 312 g/mol. The first kappa shape index (κ1) is 16.8. The normalized spacial score (nSPS) is 18.1. The van der Waals surface area contributed by atoms with E-state index in [4.69, 9.17) is 0 Å². The molecule has 122 valence electrons. The van der Waals surface area contributed by atoms with E-state index in [0.717, 1.165) is 31.6 Å². The van der Waals surface area contributed by atoms with E-state index in [9.17, 15) is 18.7 Å². The van der Waals surface area contributed by atoms with Gasteiger partial charge in [0.25, 0.3) is 0 Å². The number of carbonyl (C=O) groups excluding carboxylic acids is 1. The summed E-state index contributed by atoms with van der Waals surface area (Å²) in [7, 11) is 0. The SMILES string of the molecule is CCC(=O)N1CCCN(CC(O)c2ccc(F)c(F)c2)CC1. The smallest absolute Gasteiger partial charge is 0.222 e. The van der Waals surface area contributed by atoms with E-state index in [0.29, 0.717) is 31.6 Å². The van der Waals surface area contributed by atoms with E-state index >= 15 is 0 Å². The van der Waals surface area contributed by atoms with Crippen molar-refractivity contribution in [3.05, 3.63) is 35.4 Å². The molecule has 1 N–H and O–H groups in total. The molecule has 6 heteroatoms. The quantitative estimate of drug-likeness (QED) is 0.924. The highest BCUT2D eigenvalue weighted by atomic mass is 19.2. The van der Waals surface area contributed by atoms with Gasteiger partial charge in [0.1, 0.15) is 0 Å². The highest BCUT2D eigenvalue weighted by Gasteiger charge is 2.20. The minimum atomic E-state index is -0.952. The van der Waals surface area contributed by atoms with E-state index in [1.54, 1.807) is 0 Å². The van der Waals surface area contributed by atoms with Crippen molar-refractivity contribution in [3.63, 3.8) is 0 Å². The Morgan fingerprint density at radius 2 is 2.00 bits per heavy atom. The van der Waals surface area contributed by atoms with Crippen LogP contribution in [0.2, 0.25) is 0 Å². The molecule has 0 aromatic heterocycles. The van der Waals surface area contributed by atoms with Crippen molar-refractivity contribution in [1.29, 1.82) is 0 Å². The van der Waals surface area contributed by atoms with Crippen LogP contribution in [0.5, 0.6) is 0 Å². The molecule has 0 spiro atoms. The number of rotatable bonds is 4. The predicted octanol–water partition coefficient (Wildman–Crippen LogP) is 1.94. The Balaban J connectivity index is 1.92. The Bertz CT molecular complexity index is 525. The molecule has 1 fully saturated rings. The Morgan fingerprint density at radius 1 is 1.23 bits per heavy atom. The molecule has 1 atom stereocenters. The lowest BCUT2D eigenvalue weighted by Crippen LogP contribution is -2.36. The van der Waals surface area contributed by atoms with E-state index in [1.165, 1.54) is 6.07 Å². The minimum absolute atomic E-state index is 0.142. The van der Waals surface area contributed by atoms with E-state index in [2.05, 4.69) is 4.90 Å². The first-order valence-electron chi connectivity index (χ1n) is 7.64. The fourth-order valence-electron chi connectivity index (χ4n) is 2.70. The molecular weight excluding hydrogens is 290 g/mol. The summed E-state index contributed by atoms with van der Waals surface area (Å²) < 4.78 is 26.1. The zero-order valence-corrected chi connectivity index (χ0v) is 12.8. The number of β-amino-alcohol motifs (C(OH)–C–C–N with tert-alkyl or cyclic N) is 1. The van der Waals surface area contributed by atoms with Crippen molar-refractivity contribution in [2.75, 3.05) is 32.7 Å². The molecule has 4 nitrogen and oxygen atoms in total. The second kappa shape index (κ2) is 7.65. The molecule has 0 aliphatic carbocycles. The maximum absolute atomic E-state index is 13.2. The van der Waals surface area contributed by atoms with Gasteiger partial charge in [-0.1, -0.05) is 13.0 Å². The van der Waals surface area contributed by atoms with Crippen LogP contribution in [0.1, 0.15) is 31.4 Å². The summed E-state index contributed by atoms with van der Waals surface area (Å²) in [5.41, 5.74) is 0.365. The Hall–Kier alpha value is -1.53. The summed E-state index contributed by atoms with van der Waals surface area (Å²) in [5.74, 6) is -1.73. The molecule has 2 rings (SSSR count). The van der Waals surface area contributed by atoms with Crippen molar-refractivity contribution in [1.82, 2.24) is 9.80 Å². The zero-order valence-electron chi connectivity index (χ0n) is 12.8. The van der Waals surface area contributed by atoms with Crippen LogP contribution >= 0.6 is 0 Å². The zero-order chi connectivity index (χ0) is 16.1. The maximum atomic E-state index is 13.2. The van der Waals surface area contributed by atoms with Crippen LogP contribution in [-0.2, 0) is 4.79 Å². The lowest BCUT2D eigenvalue weighted by molar-refractivity contribution is -0.130. The summed E-state index contributed by atoms with van der Waals surface area (Å²) in [6.45, 7) is 5.00. The van der Waals surface area contributed by atoms with Crippen molar-refractivity contribution >= 4 is 5.91 Å². The third kappa shape index (κ3) is 4.24. The standard InChI is InChI=1S/C16H22F2N2O2/c1-2-16(22)20-7-3-6-19(8-9-20)11-15(21)12-4-5-13(17)14(18)10-12/h4-5,10,15,21H,2-3,6-9,11H2,1H3. The number of amides is 1. The van der Waals surface area contributed by atoms with Crippen LogP contribution < -0.4 is 0 Å². The number of hydrogen-bond acceptors (Lipinski definition) is 3. The Labute approximate surface area is 129 Å². The molecule has 1 unspecified atom stereocenters. The summed E-state index contributed by atoms with van der Waals surface area (Å²) in [6.07, 6.45) is 0.469. The van der Waals surface area contributed by atoms with Gasteiger partial charge in [-0.25, -0.2) is 8.78 Å². The fraction of sp³-hybridized carbons (Fsp3) is 0.562. The van der Waals surface area contributed by atoms with Gasteiger partial charge in [0.2, 0.25) is 5.91 Å². The van der Waals surface area contributed by atoms with Gasteiger partial charge in [-0.3, -0.25) is 9.69 Å². The number of carbonyl (C=O) groups is 1. The molecule has 1 aliphatic rings. The van der Waals surface area contributed by atoms with Crippen LogP contribution in [0.25, 0.3) is 0 Å². The molecule has 0 radical (unpaired) electrons. The second-order valence-electron chi connectivity index (χ2n) is 5.58. The van der Waals surface area contributed by atoms with Crippen LogP contribution in [0.3, 0.4) is 0 Å². The molecule has 1 aromatic carbocycles. The predicted molar refractivity (Wildman–Crippen MR) is 79.2 cm³/mol. The molecule has 0 saturated carbocycles. The summed E-state index contributed by atoms with van der Waals surface area (Å²) in [6, 6.07) is 3.45. The van der Waals surface area contributed by atoms with Gasteiger partial charge in [0, 0.05) is 39.1 Å². The molecule has 1 aromatic rings. The highest BCUT2D eigenvalue weighted by Crippen LogP contribution is 2.18. The largest absolute Gasteiger partial charge is 0.387 e. The molecule has 1 aliphatic heterocycles. The molecule has 1 saturated heterocycles. The monoisotopic (exact) mass is 312 g/mol. The van der Waals surface area contributed by atoms with Crippen molar-refractivity contribution in [3.8, 4) is 0 Å². The average Bonchev–Trinajstić information content (AvgIpc) is 2.74. The molecule has 0 bridgehead atoms. The fourth-order valence-corrected chi connectivity index (χ4v) is 2.70. The maximum Gasteiger partial charge on any atom is 0.222 e. The van der Waals surface area contributed by atoms with E-state index in [1.807, 2.05) is 11.8 Å². The second-order valence-corrected chi connectivity index (χ2v) is 5.58. The third-order valence-electron chi connectivity index (χ3n) is 4.00. The summed E-state index contributed by atoms with van der Waals surface area (Å²) in [5, 5.41) is 10.2. The number of nitrogens with zero attached hydrogens (tertiary/aromatic N) is 2. The van der Waals surface area contributed by atoms with Crippen LogP contribution in [0.15, 0.2) is 18.2 Å². The molecule has 1 amide bonds. The molecular formula is C16H22F2N2O2. The van der Waals surface area contributed by atoms with Crippen molar-refractivity contribution < 1.29 is 18.7 Å². The number of benzene rings is 1. The lowest BCUT2D eigenvalue weighted by atomic mass is 10.1. The van der Waals surface area contributed by atoms with Crippen LogP contribution in [0.4, 0.5) is 8.78 Å². The lowest BCUT2D eigenvalue weighted by Gasteiger charge is -2.24. The number of halogens is 2. The van der Waals surface area contributed by atoms with Crippen molar-refractivity contribution in [2.45, 2.75) is 25.9 Å². The first-order valence-corrected chi connectivity index (χ1v) is 7.64. The summed E-state index contributed by atoms with van der Waals surface area (Å²) >= 11 is 0. The summed E-state index contributed by atoms with van der Waals surface area (Å²) in [4.78, 5) is 15.6. The van der Waals surface area contributed by atoms with E-state index < -0.39 is 17.7 Å². The van der Waals surface area contributed by atoms with Crippen LogP contribution in [0, 0.1) is 11.6 Å². The minimum Gasteiger partial charge on any atom is -0.387 e. The number of aliphatic hydroxyl groups excluding tert-OH is 1. The Kier molecular flexibility index (Phi) is 5.85. The van der Waals surface area contributed by atoms with Gasteiger partial charge in [-0.05, 0) is 24.1 Å². The van der Waals surface area contributed by atoms with Gasteiger partial charge in [0.05, 0.1) is 6.10 Å². The Morgan fingerprint density at radius 3 is 2.68 bits per heavy atom.